The molecule has 0 saturated heterocycles. The van der Waals surface area contributed by atoms with E-state index in [0.29, 0.717) is 0 Å². The van der Waals surface area contributed by atoms with Gasteiger partial charge in [0, 0.05) is 11.1 Å². The van der Waals surface area contributed by atoms with Crippen LogP contribution in [0.4, 0.5) is 0 Å². The second kappa shape index (κ2) is 7.02. The molecule has 0 aliphatic rings. The highest BCUT2D eigenvalue weighted by Crippen LogP contribution is 2.48. The normalized spacial score (nSPS) is 15.1. The number of aryl methyl sites for hydroxylation is 1. The molecule has 0 radical (unpaired) electrons. The van der Waals surface area contributed by atoms with Crippen LogP contribution in [0.1, 0.15) is 39.0 Å². The van der Waals surface area contributed by atoms with Crippen molar-refractivity contribution in [3.63, 3.8) is 0 Å². The Kier molecular flexibility index (Phi) is 5.63. The van der Waals surface area contributed by atoms with Gasteiger partial charge in [0.15, 0.2) is 8.32 Å². The predicted octanol–water partition coefficient (Wildman–Crippen LogP) is 6.38. The van der Waals surface area contributed by atoms with E-state index in [2.05, 4.69) is 83.0 Å². The van der Waals surface area contributed by atoms with Gasteiger partial charge in [-0.3, -0.25) is 4.98 Å². The summed E-state index contributed by atoms with van der Waals surface area (Å²) in [7, 11) is -1.95. The zero-order valence-corrected chi connectivity index (χ0v) is 17.7. The summed E-state index contributed by atoms with van der Waals surface area (Å²) in [6.07, 6.45) is 1.85. The Morgan fingerprint density at radius 2 is 1.58 bits per heavy atom. The van der Waals surface area contributed by atoms with E-state index in [9.17, 15) is 0 Å². The molecular formula is C20H29NOSSi. The van der Waals surface area contributed by atoms with Gasteiger partial charge >= 0.3 is 0 Å². The Hall–Kier alpha value is -1.10. The van der Waals surface area contributed by atoms with Crippen molar-refractivity contribution < 1.29 is 4.43 Å². The lowest BCUT2D eigenvalue weighted by atomic mass is 10.2. The van der Waals surface area contributed by atoms with E-state index in [4.69, 9.17) is 4.43 Å². The van der Waals surface area contributed by atoms with E-state index in [1.807, 2.05) is 18.3 Å². The van der Waals surface area contributed by atoms with E-state index in [-0.39, 0.29) is 5.04 Å². The third-order valence-corrected chi connectivity index (χ3v) is 10.6. The first-order chi connectivity index (χ1) is 11.0. The molecule has 24 heavy (non-hydrogen) atoms. The van der Waals surface area contributed by atoms with Crippen molar-refractivity contribution >= 4 is 20.1 Å². The highest BCUT2D eigenvalue weighted by atomic mass is 32.2. The lowest BCUT2D eigenvalue weighted by Crippen LogP contribution is -2.46. The number of thioether (sulfide) groups is 1. The van der Waals surface area contributed by atoms with Crippen LogP contribution in [0.15, 0.2) is 53.6 Å². The van der Waals surface area contributed by atoms with E-state index in [0.717, 1.165) is 5.69 Å². The van der Waals surface area contributed by atoms with Gasteiger partial charge in [0.05, 0.1) is 5.69 Å². The minimum atomic E-state index is -1.95. The van der Waals surface area contributed by atoms with Crippen molar-refractivity contribution in [1.82, 2.24) is 4.98 Å². The van der Waals surface area contributed by atoms with Gasteiger partial charge in [-0.25, -0.2) is 0 Å². The molecule has 4 heteroatoms. The summed E-state index contributed by atoms with van der Waals surface area (Å²) in [6, 6.07) is 14.7. The fourth-order valence-corrected chi connectivity index (χ4v) is 5.35. The number of hydrogen-bond acceptors (Lipinski definition) is 3. The number of hydrogen-bond donors (Lipinski definition) is 0. The van der Waals surface area contributed by atoms with Crippen LogP contribution in [0, 0.1) is 6.92 Å². The summed E-state index contributed by atoms with van der Waals surface area (Å²) < 4.78 is 6.85. The fraction of sp³-hybridized carbons (Fsp3) is 0.450. The van der Waals surface area contributed by atoms with Gasteiger partial charge in [-0.05, 0) is 56.2 Å². The summed E-state index contributed by atoms with van der Waals surface area (Å²) in [6.45, 7) is 15.7. The third-order valence-electron chi connectivity index (χ3n) is 4.72. The summed E-state index contributed by atoms with van der Waals surface area (Å²) in [5, 5.41) is 0.150. The summed E-state index contributed by atoms with van der Waals surface area (Å²) in [5.41, 5.74) is 2.24. The number of pyridine rings is 1. The molecule has 0 spiro atoms. The Balaban J connectivity index is 2.40. The number of rotatable bonds is 5. The van der Waals surface area contributed by atoms with Crippen LogP contribution in [0.5, 0.6) is 0 Å². The fourth-order valence-electron chi connectivity index (χ4n) is 2.23. The Labute approximate surface area is 152 Å². The largest absolute Gasteiger partial charge is 0.397 e. The number of aromatic nitrogens is 1. The highest BCUT2D eigenvalue weighted by Gasteiger charge is 2.44. The van der Waals surface area contributed by atoms with E-state index < -0.39 is 13.3 Å². The SMILES string of the molecule is Cc1ccc(S[C@](C)(O[Si](C)(C)C(C)(C)C)c2ccccn2)cc1. The molecule has 1 aromatic carbocycles. The van der Waals surface area contributed by atoms with Crippen LogP contribution in [0.2, 0.25) is 18.1 Å². The molecule has 0 N–H and O–H groups in total. The molecular weight excluding hydrogens is 330 g/mol. The molecule has 1 heterocycles. The molecule has 0 saturated carbocycles. The first-order valence-corrected chi connectivity index (χ1v) is 12.1. The minimum absolute atomic E-state index is 0.150. The molecule has 1 aromatic heterocycles. The molecule has 1 atom stereocenters. The number of benzene rings is 1. The monoisotopic (exact) mass is 359 g/mol. The van der Waals surface area contributed by atoms with Crippen LogP contribution >= 0.6 is 11.8 Å². The molecule has 0 amide bonds. The maximum absolute atomic E-state index is 6.85. The van der Waals surface area contributed by atoms with Crippen molar-refractivity contribution in [1.29, 1.82) is 0 Å². The van der Waals surface area contributed by atoms with Crippen molar-refractivity contribution in [2.45, 2.75) is 62.6 Å². The Bertz CT molecular complexity index is 664. The topological polar surface area (TPSA) is 22.1 Å². The van der Waals surface area contributed by atoms with Crippen molar-refractivity contribution in [2.75, 3.05) is 0 Å². The van der Waals surface area contributed by atoms with Gasteiger partial charge in [0.25, 0.3) is 0 Å². The van der Waals surface area contributed by atoms with E-state index >= 15 is 0 Å². The second-order valence-corrected chi connectivity index (χ2v) is 14.1. The van der Waals surface area contributed by atoms with Gasteiger partial charge in [0.1, 0.15) is 4.93 Å². The molecule has 0 fully saturated rings. The molecule has 0 aliphatic heterocycles. The molecule has 2 nitrogen and oxygen atoms in total. The van der Waals surface area contributed by atoms with Crippen molar-refractivity contribution in [2.24, 2.45) is 0 Å². The lowest BCUT2D eigenvalue weighted by Gasteiger charge is -2.43. The van der Waals surface area contributed by atoms with Crippen LogP contribution in [-0.2, 0) is 9.36 Å². The molecule has 2 aromatic rings. The quantitative estimate of drug-likeness (QED) is 0.351. The second-order valence-electron chi connectivity index (χ2n) is 7.94. The van der Waals surface area contributed by atoms with Crippen LogP contribution < -0.4 is 0 Å². The first-order valence-electron chi connectivity index (χ1n) is 8.41. The van der Waals surface area contributed by atoms with Gasteiger partial charge < -0.3 is 4.43 Å². The Morgan fingerprint density at radius 3 is 2.08 bits per heavy atom. The average Bonchev–Trinajstić information content (AvgIpc) is 2.49. The van der Waals surface area contributed by atoms with E-state index in [1.54, 1.807) is 11.8 Å². The van der Waals surface area contributed by atoms with Crippen LogP contribution in [0.25, 0.3) is 0 Å². The smallest absolute Gasteiger partial charge is 0.194 e. The van der Waals surface area contributed by atoms with Gasteiger partial charge in [-0.15, -0.1) is 0 Å². The Morgan fingerprint density at radius 1 is 0.958 bits per heavy atom. The maximum atomic E-state index is 6.85. The lowest BCUT2D eigenvalue weighted by molar-refractivity contribution is 0.161. The number of nitrogens with zero attached hydrogens (tertiary/aromatic N) is 1. The minimum Gasteiger partial charge on any atom is -0.397 e. The third kappa shape index (κ3) is 4.50. The zero-order chi connectivity index (χ0) is 18.0. The summed E-state index contributed by atoms with van der Waals surface area (Å²) in [4.78, 5) is 5.31. The maximum Gasteiger partial charge on any atom is 0.194 e. The van der Waals surface area contributed by atoms with Crippen LogP contribution in [-0.4, -0.2) is 13.3 Å². The van der Waals surface area contributed by atoms with Gasteiger partial charge in [-0.2, -0.15) is 0 Å². The first kappa shape index (κ1) is 19.2. The van der Waals surface area contributed by atoms with E-state index in [1.165, 1.54) is 10.5 Å². The van der Waals surface area contributed by atoms with Crippen LogP contribution in [0.3, 0.4) is 0 Å². The average molecular weight is 360 g/mol. The molecule has 2 rings (SSSR count). The molecule has 0 aliphatic carbocycles. The summed E-state index contributed by atoms with van der Waals surface area (Å²) >= 11 is 1.75. The van der Waals surface area contributed by atoms with Crippen molar-refractivity contribution in [3.8, 4) is 0 Å². The molecule has 0 bridgehead atoms. The van der Waals surface area contributed by atoms with Crippen molar-refractivity contribution in [3.05, 3.63) is 59.9 Å². The predicted molar refractivity (Wildman–Crippen MR) is 107 cm³/mol. The highest BCUT2D eigenvalue weighted by molar-refractivity contribution is 8.00. The van der Waals surface area contributed by atoms with Gasteiger partial charge in [-0.1, -0.05) is 56.3 Å². The molecule has 0 unspecified atom stereocenters. The summed E-state index contributed by atoms with van der Waals surface area (Å²) in [5.74, 6) is 0. The van der Waals surface area contributed by atoms with Gasteiger partial charge in [0.2, 0.25) is 0 Å². The standard InChI is InChI=1S/C20H29NOSSi/c1-16-11-13-17(14-12-16)23-20(5,18-10-8-9-15-21-18)22-24(6,7)19(2,3)4/h8-15H,1-7H3/t20-/m0/s1. The molecule has 130 valence electrons. The zero-order valence-electron chi connectivity index (χ0n) is 15.9.